The van der Waals surface area contributed by atoms with Crippen LogP contribution < -0.4 is 5.56 Å². The van der Waals surface area contributed by atoms with Crippen LogP contribution in [0.15, 0.2) is 4.79 Å². The third-order valence-corrected chi connectivity index (χ3v) is 2.93. The zero-order chi connectivity index (χ0) is 13.9. The topological polar surface area (TPSA) is 66.1 Å². The fourth-order valence-electron chi connectivity index (χ4n) is 1.80. The quantitative estimate of drug-likeness (QED) is 0.885. The summed E-state index contributed by atoms with van der Waals surface area (Å²) in [6.07, 6.45) is 0. The van der Waals surface area contributed by atoms with Gasteiger partial charge in [0.05, 0.1) is 5.69 Å². The molecule has 100 valence electrons. The van der Waals surface area contributed by atoms with Crippen molar-refractivity contribution in [2.45, 2.75) is 40.5 Å². The molecule has 1 aromatic heterocycles. The van der Waals surface area contributed by atoms with Crippen LogP contribution in [0.5, 0.6) is 0 Å². The smallest absolute Gasteiger partial charge is 0.264 e. The van der Waals surface area contributed by atoms with Gasteiger partial charge in [-0.1, -0.05) is 13.8 Å². The maximum Gasteiger partial charge on any atom is 0.264 e. The van der Waals surface area contributed by atoms with E-state index in [-0.39, 0.29) is 22.9 Å². The van der Waals surface area contributed by atoms with Crippen LogP contribution in [0, 0.1) is 6.92 Å². The number of aromatic amines is 1. The SMILES string of the molecule is CCN(CC)C(=O)c1c(C)nc(C(C)C)[nH]c1=O. The van der Waals surface area contributed by atoms with Crippen molar-refractivity contribution in [1.29, 1.82) is 0 Å². The summed E-state index contributed by atoms with van der Waals surface area (Å²) in [7, 11) is 0. The molecule has 0 saturated carbocycles. The molecule has 5 nitrogen and oxygen atoms in total. The second-order valence-corrected chi connectivity index (χ2v) is 4.54. The summed E-state index contributed by atoms with van der Waals surface area (Å²) in [6, 6.07) is 0. The van der Waals surface area contributed by atoms with E-state index in [1.54, 1.807) is 11.8 Å². The number of H-pyrrole nitrogens is 1. The van der Waals surface area contributed by atoms with Crippen LogP contribution in [0.3, 0.4) is 0 Å². The van der Waals surface area contributed by atoms with Crippen molar-refractivity contribution < 1.29 is 4.79 Å². The van der Waals surface area contributed by atoms with E-state index in [0.29, 0.717) is 24.6 Å². The summed E-state index contributed by atoms with van der Waals surface area (Å²) in [5.74, 6) is 0.504. The van der Waals surface area contributed by atoms with Crippen molar-refractivity contribution in [3.8, 4) is 0 Å². The molecule has 0 spiro atoms. The number of amides is 1. The van der Waals surface area contributed by atoms with Crippen LogP contribution in [0.1, 0.15) is 55.5 Å². The molecule has 0 aliphatic heterocycles. The second-order valence-electron chi connectivity index (χ2n) is 4.54. The largest absolute Gasteiger partial charge is 0.339 e. The van der Waals surface area contributed by atoms with Gasteiger partial charge in [-0.05, 0) is 20.8 Å². The molecule has 0 atom stereocenters. The first-order valence-corrected chi connectivity index (χ1v) is 6.32. The third kappa shape index (κ3) is 2.78. The van der Waals surface area contributed by atoms with Crippen LogP contribution in [-0.4, -0.2) is 33.9 Å². The maximum atomic E-state index is 12.2. The van der Waals surface area contributed by atoms with Crippen molar-refractivity contribution in [2.75, 3.05) is 13.1 Å². The van der Waals surface area contributed by atoms with Gasteiger partial charge in [0, 0.05) is 19.0 Å². The Bertz CT molecular complexity index is 487. The summed E-state index contributed by atoms with van der Waals surface area (Å²) in [5.41, 5.74) is 0.311. The number of hydrogen-bond donors (Lipinski definition) is 1. The minimum Gasteiger partial charge on any atom is -0.339 e. The predicted octanol–water partition coefficient (Wildman–Crippen LogP) is 1.68. The molecule has 1 N–H and O–H groups in total. The zero-order valence-electron chi connectivity index (χ0n) is 11.7. The van der Waals surface area contributed by atoms with Gasteiger partial charge in [-0.3, -0.25) is 9.59 Å². The molecule has 0 radical (unpaired) electrons. The van der Waals surface area contributed by atoms with Gasteiger partial charge in [-0.25, -0.2) is 4.98 Å². The lowest BCUT2D eigenvalue weighted by Crippen LogP contribution is -2.36. The van der Waals surface area contributed by atoms with Crippen molar-refractivity contribution >= 4 is 5.91 Å². The molecule has 1 heterocycles. The minimum absolute atomic E-state index is 0.133. The number of rotatable bonds is 4. The Labute approximate surface area is 107 Å². The number of nitrogens with one attached hydrogen (secondary N) is 1. The molecule has 0 aliphatic rings. The van der Waals surface area contributed by atoms with Crippen LogP contribution in [0.25, 0.3) is 0 Å². The highest BCUT2D eigenvalue weighted by molar-refractivity contribution is 5.94. The Morgan fingerprint density at radius 1 is 1.33 bits per heavy atom. The highest BCUT2D eigenvalue weighted by Gasteiger charge is 2.20. The summed E-state index contributed by atoms with van der Waals surface area (Å²) in [6.45, 7) is 10.5. The molecular formula is C13H21N3O2. The van der Waals surface area contributed by atoms with E-state index < -0.39 is 0 Å². The molecule has 18 heavy (non-hydrogen) atoms. The Morgan fingerprint density at radius 3 is 2.28 bits per heavy atom. The highest BCUT2D eigenvalue weighted by Crippen LogP contribution is 2.10. The lowest BCUT2D eigenvalue weighted by Gasteiger charge is -2.19. The summed E-state index contributed by atoms with van der Waals surface area (Å²) >= 11 is 0. The number of carbonyl (C=O) groups is 1. The molecule has 0 aromatic carbocycles. The van der Waals surface area contributed by atoms with E-state index in [1.165, 1.54) is 0 Å². The Balaban J connectivity index is 3.27. The Hall–Kier alpha value is -1.65. The van der Waals surface area contributed by atoms with E-state index >= 15 is 0 Å². The minimum atomic E-state index is -0.344. The lowest BCUT2D eigenvalue weighted by molar-refractivity contribution is 0.0769. The van der Waals surface area contributed by atoms with E-state index in [4.69, 9.17) is 0 Å². The fourth-order valence-corrected chi connectivity index (χ4v) is 1.80. The van der Waals surface area contributed by atoms with Gasteiger partial charge in [-0.2, -0.15) is 0 Å². The lowest BCUT2D eigenvalue weighted by atomic mass is 10.1. The van der Waals surface area contributed by atoms with E-state index in [9.17, 15) is 9.59 Å². The van der Waals surface area contributed by atoms with Crippen molar-refractivity contribution in [3.05, 3.63) is 27.4 Å². The van der Waals surface area contributed by atoms with Gasteiger partial charge >= 0.3 is 0 Å². The average Bonchev–Trinajstić information content (AvgIpc) is 2.29. The molecule has 1 aromatic rings. The number of aryl methyl sites for hydroxylation is 1. The van der Waals surface area contributed by atoms with Crippen molar-refractivity contribution in [2.24, 2.45) is 0 Å². The Kier molecular flexibility index (Phi) is 4.64. The zero-order valence-corrected chi connectivity index (χ0v) is 11.7. The predicted molar refractivity (Wildman–Crippen MR) is 70.9 cm³/mol. The van der Waals surface area contributed by atoms with E-state index in [0.717, 1.165) is 0 Å². The number of aromatic nitrogens is 2. The molecule has 5 heteroatoms. The van der Waals surface area contributed by atoms with Gasteiger partial charge in [0.15, 0.2) is 0 Å². The van der Waals surface area contributed by atoms with Crippen LogP contribution in [0.2, 0.25) is 0 Å². The van der Waals surface area contributed by atoms with E-state index in [2.05, 4.69) is 9.97 Å². The van der Waals surface area contributed by atoms with Gasteiger partial charge < -0.3 is 9.88 Å². The van der Waals surface area contributed by atoms with E-state index in [1.807, 2.05) is 27.7 Å². The first-order valence-electron chi connectivity index (χ1n) is 6.32. The molecular weight excluding hydrogens is 230 g/mol. The molecule has 1 amide bonds. The number of carbonyl (C=O) groups excluding carboxylic acids is 1. The van der Waals surface area contributed by atoms with Crippen LogP contribution in [0.4, 0.5) is 0 Å². The maximum absolute atomic E-state index is 12.2. The molecule has 0 saturated heterocycles. The Morgan fingerprint density at radius 2 is 1.89 bits per heavy atom. The van der Waals surface area contributed by atoms with Crippen LogP contribution >= 0.6 is 0 Å². The summed E-state index contributed by atoms with van der Waals surface area (Å²) < 4.78 is 0. The first kappa shape index (κ1) is 14.4. The monoisotopic (exact) mass is 251 g/mol. The van der Waals surface area contributed by atoms with Gasteiger partial charge in [0.25, 0.3) is 11.5 Å². The van der Waals surface area contributed by atoms with Gasteiger partial charge in [-0.15, -0.1) is 0 Å². The second kappa shape index (κ2) is 5.80. The summed E-state index contributed by atoms with van der Waals surface area (Å²) in [4.78, 5) is 32.8. The van der Waals surface area contributed by atoms with Gasteiger partial charge in [0.2, 0.25) is 0 Å². The van der Waals surface area contributed by atoms with Crippen molar-refractivity contribution in [1.82, 2.24) is 14.9 Å². The standard InChI is InChI=1S/C13H21N3O2/c1-6-16(7-2)13(18)10-9(5)14-11(8(3)4)15-12(10)17/h8H,6-7H2,1-5H3,(H,14,15,17). The number of nitrogens with zero attached hydrogens (tertiary/aromatic N) is 2. The molecule has 0 aliphatic carbocycles. The van der Waals surface area contributed by atoms with Gasteiger partial charge in [0.1, 0.15) is 11.4 Å². The first-order chi connectivity index (χ1) is 8.42. The van der Waals surface area contributed by atoms with Crippen LogP contribution in [-0.2, 0) is 0 Å². The average molecular weight is 251 g/mol. The molecule has 0 unspecified atom stereocenters. The molecule has 0 fully saturated rings. The van der Waals surface area contributed by atoms with Crippen molar-refractivity contribution in [3.63, 3.8) is 0 Å². The number of hydrogen-bond acceptors (Lipinski definition) is 3. The summed E-state index contributed by atoms with van der Waals surface area (Å²) in [5, 5.41) is 0. The third-order valence-electron chi connectivity index (χ3n) is 2.93. The highest BCUT2D eigenvalue weighted by atomic mass is 16.2. The normalized spacial score (nSPS) is 10.8. The fraction of sp³-hybridized carbons (Fsp3) is 0.615. The molecule has 1 rings (SSSR count). The molecule has 0 bridgehead atoms.